The van der Waals surface area contributed by atoms with Gasteiger partial charge in [0.1, 0.15) is 5.84 Å². The van der Waals surface area contributed by atoms with Crippen molar-refractivity contribution in [3.05, 3.63) is 282 Å². The molecule has 0 amide bonds. The van der Waals surface area contributed by atoms with E-state index in [4.69, 9.17) is 10.7 Å². The van der Waals surface area contributed by atoms with Crippen molar-refractivity contribution in [2.24, 2.45) is 10.7 Å². The molecule has 1 aliphatic rings. The predicted octanol–water partition coefficient (Wildman–Crippen LogP) is 14.7. The molecule has 0 aliphatic heterocycles. The summed E-state index contributed by atoms with van der Waals surface area (Å²) in [4.78, 5) is 5.20. The monoisotopic (exact) mass is 804 g/mol. The molecule has 63 heavy (non-hydrogen) atoms. The number of amidine groups is 1. The summed E-state index contributed by atoms with van der Waals surface area (Å²) >= 11 is 0. The van der Waals surface area contributed by atoms with Crippen LogP contribution < -0.4 is 5.73 Å². The van der Waals surface area contributed by atoms with Gasteiger partial charge in [-0.1, -0.05) is 231 Å². The number of aliphatic imine (C=N–C) groups is 1. The lowest BCUT2D eigenvalue weighted by atomic mass is 9.67. The summed E-state index contributed by atoms with van der Waals surface area (Å²) in [6.45, 7) is 0. The first-order valence-corrected chi connectivity index (χ1v) is 21.7. The van der Waals surface area contributed by atoms with E-state index in [-0.39, 0.29) is 0 Å². The minimum atomic E-state index is -0.440. The average molecular weight is 805 g/mol. The maximum absolute atomic E-state index is 6.82. The van der Waals surface area contributed by atoms with Crippen molar-refractivity contribution in [3.63, 3.8) is 0 Å². The van der Waals surface area contributed by atoms with Gasteiger partial charge in [0, 0.05) is 11.1 Å². The largest absolute Gasteiger partial charge is 0.383 e. The van der Waals surface area contributed by atoms with Gasteiger partial charge >= 0.3 is 0 Å². The Morgan fingerprint density at radius 3 is 1.83 bits per heavy atom. The molecule has 0 radical (unpaired) electrons. The Morgan fingerprint density at radius 1 is 0.429 bits per heavy atom. The topological polar surface area (TPSA) is 38.4 Å². The summed E-state index contributed by atoms with van der Waals surface area (Å²) in [7, 11) is 0. The van der Waals surface area contributed by atoms with Crippen LogP contribution in [0.5, 0.6) is 0 Å². The summed E-state index contributed by atoms with van der Waals surface area (Å²) in [5, 5.41) is 4.77. The van der Waals surface area contributed by atoms with Crippen LogP contribution in [0.15, 0.2) is 248 Å². The normalized spacial score (nSPS) is 13.2. The molecule has 2 heteroatoms. The Morgan fingerprint density at radius 2 is 1.05 bits per heavy atom. The molecule has 298 valence electrons. The first-order valence-electron chi connectivity index (χ1n) is 21.7. The third-order valence-corrected chi connectivity index (χ3v) is 12.8. The highest BCUT2D eigenvalue weighted by Crippen LogP contribution is 2.56. The molecular formula is C61H44N2. The number of nitrogens with two attached hydrogens (primary N) is 1. The van der Waals surface area contributed by atoms with Crippen molar-refractivity contribution in [1.82, 2.24) is 0 Å². The van der Waals surface area contributed by atoms with E-state index < -0.39 is 5.41 Å². The number of nitrogens with zero attached hydrogens (tertiary/aromatic N) is 1. The highest BCUT2D eigenvalue weighted by molar-refractivity contribution is 6.06. The lowest BCUT2D eigenvalue weighted by Crippen LogP contribution is -2.28. The Bertz CT molecular complexity index is 3320. The predicted molar refractivity (Wildman–Crippen MR) is 265 cm³/mol. The summed E-state index contributed by atoms with van der Waals surface area (Å²) in [5.41, 5.74) is 22.8. The minimum absolute atomic E-state index is 0.440. The second-order valence-corrected chi connectivity index (χ2v) is 16.4. The van der Waals surface area contributed by atoms with Crippen molar-refractivity contribution in [2.45, 2.75) is 11.8 Å². The van der Waals surface area contributed by atoms with Gasteiger partial charge in [-0.2, -0.15) is 0 Å². The van der Waals surface area contributed by atoms with Crippen molar-refractivity contribution >= 4 is 33.1 Å². The molecule has 1 aliphatic carbocycles. The van der Waals surface area contributed by atoms with Gasteiger partial charge in [0.05, 0.1) is 11.1 Å². The van der Waals surface area contributed by atoms with Crippen LogP contribution in [0.25, 0.3) is 60.6 Å². The van der Waals surface area contributed by atoms with E-state index in [1.165, 1.54) is 72.0 Å². The minimum Gasteiger partial charge on any atom is -0.383 e. The first-order chi connectivity index (χ1) is 31.1. The third kappa shape index (κ3) is 6.74. The summed E-state index contributed by atoms with van der Waals surface area (Å²) in [6, 6.07) is 85.3. The smallest absolute Gasteiger partial charge is 0.131 e. The number of hydrogen-bond donors (Lipinski definition) is 1. The quantitative estimate of drug-likeness (QED) is 0.115. The molecule has 0 spiro atoms. The second kappa shape index (κ2) is 16.1. The van der Waals surface area contributed by atoms with Crippen LogP contribution in [-0.2, 0) is 11.8 Å². The third-order valence-electron chi connectivity index (χ3n) is 12.8. The maximum atomic E-state index is 6.82. The molecule has 0 aromatic heterocycles. The van der Waals surface area contributed by atoms with Crippen molar-refractivity contribution in [2.75, 3.05) is 0 Å². The summed E-state index contributed by atoms with van der Waals surface area (Å²) < 4.78 is 0. The molecule has 0 heterocycles. The Hall–Kier alpha value is -8.07. The molecule has 0 saturated carbocycles. The van der Waals surface area contributed by atoms with Gasteiger partial charge in [0.2, 0.25) is 0 Å². The molecule has 0 saturated heterocycles. The average Bonchev–Trinajstić information content (AvgIpc) is 3.66. The van der Waals surface area contributed by atoms with E-state index in [1.807, 2.05) is 30.3 Å². The Kier molecular flexibility index (Phi) is 9.67. The van der Waals surface area contributed by atoms with Gasteiger partial charge in [0.25, 0.3) is 0 Å². The van der Waals surface area contributed by atoms with Gasteiger partial charge in [-0.15, -0.1) is 0 Å². The zero-order chi connectivity index (χ0) is 42.2. The molecule has 0 fully saturated rings. The van der Waals surface area contributed by atoms with E-state index in [2.05, 4.69) is 212 Å². The molecule has 11 rings (SSSR count). The fourth-order valence-corrected chi connectivity index (χ4v) is 9.87. The van der Waals surface area contributed by atoms with Gasteiger partial charge < -0.3 is 5.73 Å². The number of fused-ring (bicyclic) bond motifs is 5. The van der Waals surface area contributed by atoms with Crippen LogP contribution in [-0.4, -0.2) is 5.84 Å². The standard InChI is InChI=1S/C61H44N2/c62-60(44-19-4-1-5-20-44)63-59(38-31-42-17-16-22-45(39-42)47-33-32-43-18-10-11-21-46(43)40-47)55-36-35-51(52-27-12-13-28-53(52)55)48-34-37-58-56(41-48)54-29-14-15-30-57(54)61(58,49-23-6-2-7-24-49)50-25-8-3-9-26-50/h1-30,32-41H,31H2,(H2,62,63)/b59-38-. The molecule has 10 aromatic carbocycles. The van der Waals surface area contributed by atoms with Gasteiger partial charge in [0.15, 0.2) is 0 Å². The molecular weight excluding hydrogens is 761 g/mol. The van der Waals surface area contributed by atoms with Gasteiger partial charge in [-0.3, -0.25) is 0 Å². The molecule has 10 aromatic rings. The molecule has 0 bridgehead atoms. The van der Waals surface area contributed by atoms with Crippen LogP contribution >= 0.6 is 0 Å². The fourth-order valence-electron chi connectivity index (χ4n) is 9.87. The van der Waals surface area contributed by atoms with Crippen molar-refractivity contribution in [3.8, 4) is 33.4 Å². The SMILES string of the molecule is NC(=N/C(=C\Cc1cccc(-c2ccc3ccccc3c2)c1)c1ccc(-c2ccc3c(c2)-c2ccccc2C3(c2ccccc2)c2ccccc2)c2ccccc12)c1ccccc1. The van der Waals surface area contributed by atoms with Crippen LogP contribution in [0.3, 0.4) is 0 Å². The molecule has 2 nitrogen and oxygen atoms in total. The molecule has 2 N–H and O–H groups in total. The lowest BCUT2D eigenvalue weighted by Gasteiger charge is -2.33. The van der Waals surface area contributed by atoms with E-state index in [0.717, 1.165) is 27.6 Å². The Balaban J connectivity index is 1.03. The van der Waals surface area contributed by atoms with E-state index in [1.54, 1.807) is 0 Å². The van der Waals surface area contributed by atoms with Crippen molar-refractivity contribution < 1.29 is 0 Å². The summed E-state index contributed by atoms with van der Waals surface area (Å²) in [6.07, 6.45) is 2.92. The van der Waals surface area contributed by atoms with Crippen LogP contribution in [0.4, 0.5) is 0 Å². The van der Waals surface area contributed by atoms with Gasteiger partial charge in [-0.05, 0) is 101 Å². The Labute approximate surface area is 369 Å². The highest BCUT2D eigenvalue weighted by Gasteiger charge is 2.46. The zero-order valence-electron chi connectivity index (χ0n) is 34.8. The molecule has 0 atom stereocenters. The van der Waals surface area contributed by atoms with Gasteiger partial charge in [-0.25, -0.2) is 4.99 Å². The van der Waals surface area contributed by atoms with Crippen LogP contribution in [0.1, 0.15) is 38.9 Å². The van der Waals surface area contributed by atoms with E-state index >= 15 is 0 Å². The molecule has 0 unspecified atom stereocenters. The second-order valence-electron chi connectivity index (χ2n) is 16.4. The summed E-state index contributed by atoms with van der Waals surface area (Å²) in [5.74, 6) is 0.484. The first kappa shape index (κ1) is 37.9. The maximum Gasteiger partial charge on any atom is 0.131 e. The highest BCUT2D eigenvalue weighted by atomic mass is 14.9. The zero-order valence-corrected chi connectivity index (χ0v) is 34.8. The number of allylic oxidation sites excluding steroid dienone is 1. The number of hydrogen-bond acceptors (Lipinski definition) is 1. The fraction of sp³-hybridized carbons (Fsp3) is 0.0328. The van der Waals surface area contributed by atoms with Crippen LogP contribution in [0, 0.1) is 0 Å². The number of rotatable bonds is 9. The number of benzene rings is 10. The van der Waals surface area contributed by atoms with E-state index in [0.29, 0.717) is 12.3 Å². The van der Waals surface area contributed by atoms with Crippen LogP contribution in [0.2, 0.25) is 0 Å². The van der Waals surface area contributed by atoms with Crippen molar-refractivity contribution in [1.29, 1.82) is 0 Å². The lowest BCUT2D eigenvalue weighted by molar-refractivity contribution is 0.768. The van der Waals surface area contributed by atoms with E-state index in [9.17, 15) is 0 Å².